The number of nitrogens with zero attached hydrogens (tertiary/aromatic N) is 2. The lowest BCUT2D eigenvalue weighted by molar-refractivity contribution is -0.167. The number of nitrogens with one attached hydrogen (secondary N) is 1. The number of piperidine rings is 2. The van der Waals surface area contributed by atoms with Crippen molar-refractivity contribution in [1.29, 1.82) is 0 Å². The third kappa shape index (κ3) is 8.59. The fourth-order valence-corrected chi connectivity index (χ4v) is 13.7. The lowest BCUT2D eigenvalue weighted by Crippen LogP contribution is -2.59. The largest absolute Gasteiger partial charge is 0.397 e. The first-order valence-corrected chi connectivity index (χ1v) is 22.2. The van der Waals surface area contributed by atoms with Gasteiger partial charge in [-0.2, -0.15) is 8.42 Å². The van der Waals surface area contributed by atoms with Gasteiger partial charge in [0, 0.05) is 12.1 Å². The van der Waals surface area contributed by atoms with E-state index < -0.39 is 16.5 Å². The summed E-state index contributed by atoms with van der Waals surface area (Å²) >= 11 is 0. The molecule has 2 saturated heterocycles. The normalized spacial score (nSPS) is 40.9. The Kier molecular flexibility index (Phi) is 12.5. The van der Waals surface area contributed by atoms with Crippen LogP contribution in [0.1, 0.15) is 137 Å². The molecule has 4 saturated carbocycles. The molecule has 4 aliphatic carbocycles. The van der Waals surface area contributed by atoms with Crippen LogP contribution in [0.25, 0.3) is 0 Å². The van der Waals surface area contributed by atoms with Gasteiger partial charge < -0.3 is 20.2 Å². The lowest BCUT2D eigenvalue weighted by Gasteiger charge is -2.62. The molecule has 6 fully saturated rings. The van der Waals surface area contributed by atoms with Gasteiger partial charge in [0.15, 0.2) is 0 Å². The summed E-state index contributed by atoms with van der Waals surface area (Å²) in [7, 11) is -4.46. The third-order valence-electron chi connectivity index (χ3n) is 15.9. The number of hydrogen-bond acceptors (Lipinski definition) is 7. The minimum atomic E-state index is -4.46. The van der Waals surface area contributed by atoms with E-state index in [4.69, 9.17) is 4.18 Å². The maximum Gasteiger partial charge on any atom is 0.397 e. The third-order valence-corrected chi connectivity index (χ3v) is 16.4. The van der Waals surface area contributed by atoms with E-state index in [1.165, 1.54) is 116 Å². The molecule has 9 heteroatoms. The van der Waals surface area contributed by atoms with E-state index in [0.29, 0.717) is 53.4 Å². The van der Waals surface area contributed by atoms with Crippen molar-refractivity contribution in [2.45, 2.75) is 162 Å². The van der Waals surface area contributed by atoms with Crippen LogP contribution >= 0.6 is 0 Å². The minimum Gasteiger partial charge on any atom is -0.393 e. The smallest absolute Gasteiger partial charge is 0.393 e. The molecule has 11 atom stereocenters. The maximum atomic E-state index is 11.9. The topological polar surface area (TPSA) is 102 Å². The molecule has 49 heavy (non-hydrogen) atoms. The predicted molar refractivity (Wildman–Crippen MR) is 198 cm³/mol. The van der Waals surface area contributed by atoms with Crippen LogP contribution in [-0.4, -0.2) is 91.4 Å². The monoisotopic (exact) mass is 708 g/mol. The minimum absolute atomic E-state index is 0.0185. The van der Waals surface area contributed by atoms with Crippen molar-refractivity contribution in [3.05, 3.63) is 0 Å². The average molecular weight is 708 g/mol. The van der Waals surface area contributed by atoms with Crippen LogP contribution < -0.4 is 5.32 Å². The van der Waals surface area contributed by atoms with Gasteiger partial charge in [-0.3, -0.25) is 4.55 Å². The molecule has 2 aliphatic heterocycles. The molecule has 284 valence electrons. The Labute approximate surface area is 300 Å². The van der Waals surface area contributed by atoms with Crippen LogP contribution in [0.3, 0.4) is 0 Å². The van der Waals surface area contributed by atoms with Crippen LogP contribution in [0.5, 0.6) is 0 Å². The second kappa shape index (κ2) is 16.0. The fraction of sp³-hybridized carbons (Fsp3) is 1.00. The van der Waals surface area contributed by atoms with E-state index in [-0.39, 0.29) is 17.4 Å². The summed E-state index contributed by atoms with van der Waals surface area (Å²) in [4.78, 5) is 5.49. The Bertz CT molecular complexity index is 1170. The van der Waals surface area contributed by atoms with Gasteiger partial charge >= 0.3 is 10.4 Å². The Morgan fingerprint density at radius 3 is 2.24 bits per heavy atom. The van der Waals surface area contributed by atoms with Gasteiger partial charge in [-0.25, -0.2) is 4.18 Å². The zero-order valence-corrected chi connectivity index (χ0v) is 32.6. The van der Waals surface area contributed by atoms with Crippen molar-refractivity contribution in [2.75, 3.05) is 39.3 Å². The highest BCUT2D eigenvalue weighted by Gasteiger charge is 2.62. The Morgan fingerprint density at radius 2 is 1.55 bits per heavy atom. The van der Waals surface area contributed by atoms with Crippen molar-refractivity contribution in [3.8, 4) is 0 Å². The van der Waals surface area contributed by atoms with Gasteiger partial charge in [0.25, 0.3) is 0 Å². The van der Waals surface area contributed by atoms with Gasteiger partial charge in [0.1, 0.15) is 0 Å². The number of rotatable bonds is 13. The predicted octanol–water partition coefficient (Wildman–Crippen LogP) is 7.18. The second-order valence-electron chi connectivity index (χ2n) is 18.8. The quantitative estimate of drug-likeness (QED) is 0.137. The zero-order valence-electron chi connectivity index (χ0n) is 31.8. The highest BCUT2D eigenvalue weighted by Crippen LogP contribution is 2.68. The molecule has 2 heterocycles. The lowest BCUT2D eigenvalue weighted by atomic mass is 9.43. The molecular weight excluding hydrogens is 635 g/mol. The summed E-state index contributed by atoms with van der Waals surface area (Å²) in [6.07, 6.45) is 18.7. The first-order valence-electron chi connectivity index (χ1n) is 20.8. The van der Waals surface area contributed by atoms with Crippen LogP contribution in [0.4, 0.5) is 0 Å². The molecule has 3 N–H and O–H groups in total. The number of likely N-dealkylation sites (tertiary alicyclic amines) is 2. The Morgan fingerprint density at radius 1 is 0.857 bits per heavy atom. The highest BCUT2D eigenvalue weighted by molar-refractivity contribution is 7.80. The molecule has 0 amide bonds. The maximum absolute atomic E-state index is 11.9. The van der Waals surface area contributed by atoms with Crippen LogP contribution in [0.2, 0.25) is 0 Å². The van der Waals surface area contributed by atoms with Gasteiger partial charge in [-0.1, -0.05) is 41.0 Å². The molecule has 0 bridgehead atoms. The number of aliphatic hydroxyl groups is 1. The molecule has 0 aromatic rings. The molecule has 0 spiro atoms. The van der Waals surface area contributed by atoms with Crippen LogP contribution in [0.15, 0.2) is 0 Å². The van der Waals surface area contributed by atoms with E-state index in [2.05, 4.69) is 35.9 Å². The van der Waals surface area contributed by atoms with Crippen molar-refractivity contribution in [1.82, 2.24) is 15.1 Å². The zero-order chi connectivity index (χ0) is 35.0. The van der Waals surface area contributed by atoms with E-state index in [9.17, 15) is 18.1 Å². The summed E-state index contributed by atoms with van der Waals surface area (Å²) in [6.45, 7) is 18.9. The Hall–Kier alpha value is -0.290. The summed E-state index contributed by atoms with van der Waals surface area (Å²) in [5.41, 5.74) is 0.562. The molecule has 0 aromatic heterocycles. The van der Waals surface area contributed by atoms with Crippen molar-refractivity contribution in [2.24, 2.45) is 52.3 Å². The standard InChI is InChI=1S/C40H73N3O5S/c1-28(2)37(48-49(45,46)47)13-10-29(3)33-11-12-34-38-35(15-19-40(33,34)5)39(4)18-14-31(26-30(39)27-36(38)44)41-20-9-21-42-24-16-32(17-25-42)43-22-7-6-8-23-43/h28-38,41,44H,6-27H2,1-5H3,(H,45,46,47)/t29-,30+,31+,33-,34?,35?,36+,37-,38?,39+,40-/m1/s1. The fourth-order valence-electron chi connectivity index (χ4n) is 13.1. The van der Waals surface area contributed by atoms with E-state index in [1.807, 2.05) is 13.8 Å². The summed E-state index contributed by atoms with van der Waals surface area (Å²) in [5.74, 6) is 3.26. The van der Waals surface area contributed by atoms with Crippen LogP contribution in [-0.2, 0) is 14.6 Å². The van der Waals surface area contributed by atoms with Gasteiger partial charge in [0.05, 0.1) is 12.2 Å². The van der Waals surface area contributed by atoms with E-state index in [1.54, 1.807) is 0 Å². The van der Waals surface area contributed by atoms with E-state index in [0.717, 1.165) is 25.4 Å². The average Bonchev–Trinajstić information content (AvgIpc) is 3.42. The highest BCUT2D eigenvalue weighted by atomic mass is 32.3. The first-order chi connectivity index (χ1) is 23.3. The Balaban J connectivity index is 0.968. The SMILES string of the molecule is CC(C)[C@@H](CC[C@@H](C)[C@H]1CCC2C3C(CC[C@@]21C)[C@@]1(C)CC[C@H](NCCCN2CCC(N4CCCCC4)CC2)C[C@H]1C[C@@H]3O)OS(=O)(=O)O. The van der Waals surface area contributed by atoms with E-state index >= 15 is 0 Å². The molecule has 0 aromatic carbocycles. The summed E-state index contributed by atoms with van der Waals surface area (Å²) in [6, 6.07) is 1.43. The molecule has 3 unspecified atom stereocenters. The summed E-state index contributed by atoms with van der Waals surface area (Å²) < 4.78 is 37.3. The van der Waals surface area contributed by atoms with Gasteiger partial charge in [-0.05, 0) is 188 Å². The number of fused-ring (bicyclic) bond motifs is 5. The number of hydrogen-bond donors (Lipinski definition) is 3. The molecular formula is C40H73N3O5S. The molecule has 0 radical (unpaired) electrons. The second-order valence-corrected chi connectivity index (χ2v) is 19.9. The van der Waals surface area contributed by atoms with Crippen molar-refractivity contribution >= 4 is 10.4 Å². The van der Waals surface area contributed by atoms with Crippen molar-refractivity contribution < 1.29 is 22.3 Å². The van der Waals surface area contributed by atoms with Crippen molar-refractivity contribution in [3.63, 3.8) is 0 Å². The molecule has 6 rings (SSSR count). The molecule has 6 aliphatic rings. The van der Waals surface area contributed by atoms with Gasteiger partial charge in [0.2, 0.25) is 0 Å². The summed E-state index contributed by atoms with van der Waals surface area (Å²) in [5, 5.41) is 15.9. The first kappa shape index (κ1) is 38.4. The van der Waals surface area contributed by atoms with Gasteiger partial charge in [-0.15, -0.1) is 0 Å². The number of aliphatic hydroxyl groups excluding tert-OH is 1. The molecule has 8 nitrogen and oxygen atoms in total. The van der Waals surface area contributed by atoms with Crippen LogP contribution in [0, 0.1) is 52.3 Å².